The molecule has 0 bridgehead atoms. The average Bonchev–Trinajstić information content (AvgIpc) is 3.33. The number of halogens is 1. The molecule has 3 rings (SSSR count). The van der Waals surface area contributed by atoms with Crippen molar-refractivity contribution in [3.63, 3.8) is 0 Å². The van der Waals surface area contributed by atoms with Crippen molar-refractivity contribution >= 4 is 29.3 Å². The highest BCUT2D eigenvalue weighted by Crippen LogP contribution is 2.27. The van der Waals surface area contributed by atoms with Crippen LogP contribution >= 0.6 is 11.6 Å². The van der Waals surface area contributed by atoms with Crippen molar-refractivity contribution in [3.05, 3.63) is 34.9 Å². The summed E-state index contributed by atoms with van der Waals surface area (Å²) in [6.45, 7) is 1.92. The summed E-state index contributed by atoms with van der Waals surface area (Å²) in [5.74, 6) is -0.246. The molecular formula is C23H32ClN3O4. The SMILES string of the molecule is COCCNC(=O)C(NC(=O)C1CCCC1)C1CCN(C(=O)c2ccc(Cl)cc2)CC1. The maximum Gasteiger partial charge on any atom is 0.253 e. The highest BCUT2D eigenvalue weighted by atomic mass is 35.5. The van der Waals surface area contributed by atoms with Crippen LogP contribution in [0.15, 0.2) is 24.3 Å². The second kappa shape index (κ2) is 11.5. The van der Waals surface area contributed by atoms with Gasteiger partial charge >= 0.3 is 0 Å². The number of hydrogen-bond donors (Lipinski definition) is 2. The molecule has 1 aliphatic carbocycles. The van der Waals surface area contributed by atoms with Crippen molar-refractivity contribution < 1.29 is 19.1 Å². The molecule has 1 saturated heterocycles. The number of benzene rings is 1. The number of carbonyl (C=O) groups is 3. The second-order valence-corrected chi connectivity index (χ2v) is 8.82. The first-order valence-electron chi connectivity index (χ1n) is 11.1. The number of nitrogens with one attached hydrogen (secondary N) is 2. The molecule has 2 fully saturated rings. The van der Waals surface area contributed by atoms with Crippen LogP contribution in [0.2, 0.25) is 5.02 Å². The first-order valence-corrected chi connectivity index (χ1v) is 11.5. The number of piperidine rings is 1. The number of nitrogens with zero attached hydrogens (tertiary/aromatic N) is 1. The smallest absolute Gasteiger partial charge is 0.253 e. The molecule has 1 aliphatic heterocycles. The fourth-order valence-corrected chi connectivity index (χ4v) is 4.58. The molecule has 0 aromatic heterocycles. The summed E-state index contributed by atoms with van der Waals surface area (Å²) in [6.07, 6.45) is 5.22. The van der Waals surface area contributed by atoms with E-state index in [0.717, 1.165) is 25.7 Å². The molecule has 1 aromatic rings. The molecule has 31 heavy (non-hydrogen) atoms. The van der Waals surface area contributed by atoms with Gasteiger partial charge in [-0.1, -0.05) is 24.4 Å². The normalized spacial score (nSPS) is 18.6. The van der Waals surface area contributed by atoms with Gasteiger partial charge in [0.15, 0.2) is 0 Å². The molecule has 170 valence electrons. The molecular weight excluding hydrogens is 418 g/mol. The van der Waals surface area contributed by atoms with Crippen LogP contribution in [0.25, 0.3) is 0 Å². The number of amides is 3. The lowest BCUT2D eigenvalue weighted by Crippen LogP contribution is -2.55. The van der Waals surface area contributed by atoms with Gasteiger partial charge in [0.2, 0.25) is 11.8 Å². The van der Waals surface area contributed by atoms with Crippen molar-refractivity contribution in [2.45, 2.75) is 44.6 Å². The molecule has 1 unspecified atom stereocenters. The summed E-state index contributed by atoms with van der Waals surface area (Å²) in [6, 6.07) is 6.29. The monoisotopic (exact) mass is 449 g/mol. The molecule has 7 nitrogen and oxygen atoms in total. The van der Waals surface area contributed by atoms with Gasteiger partial charge in [0.25, 0.3) is 5.91 Å². The van der Waals surface area contributed by atoms with E-state index in [1.807, 2.05) is 0 Å². The molecule has 0 radical (unpaired) electrons. The quantitative estimate of drug-likeness (QED) is 0.597. The van der Waals surface area contributed by atoms with Crippen molar-refractivity contribution in [2.75, 3.05) is 33.4 Å². The van der Waals surface area contributed by atoms with E-state index in [1.165, 1.54) is 0 Å². The predicted octanol–water partition coefficient (Wildman–Crippen LogP) is 2.63. The van der Waals surface area contributed by atoms with Crippen LogP contribution in [0.4, 0.5) is 0 Å². The molecule has 2 aliphatic rings. The van der Waals surface area contributed by atoms with Crippen molar-refractivity contribution in [1.29, 1.82) is 0 Å². The number of likely N-dealkylation sites (tertiary alicyclic amines) is 1. The average molecular weight is 450 g/mol. The lowest BCUT2D eigenvalue weighted by Gasteiger charge is -2.36. The van der Waals surface area contributed by atoms with Crippen LogP contribution in [-0.2, 0) is 14.3 Å². The number of methoxy groups -OCH3 is 1. The minimum atomic E-state index is -0.585. The van der Waals surface area contributed by atoms with E-state index in [-0.39, 0.29) is 29.6 Å². The number of carbonyl (C=O) groups excluding carboxylic acids is 3. The van der Waals surface area contributed by atoms with Crippen LogP contribution < -0.4 is 10.6 Å². The summed E-state index contributed by atoms with van der Waals surface area (Å²) >= 11 is 5.91. The van der Waals surface area contributed by atoms with Gasteiger partial charge in [-0.3, -0.25) is 14.4 Å². The van der Waals surface area contributed by atoms with Crippen LogP contribution in [0.5, 0.6) is 0 Å². The van der Waals surface area contributed by atoms with Crippen LogP contribution in [0.1, 0.15) is 48.9 Å². The summed E-state index contributed by atoms with van der Waals surface area (Å²) in [4.78, 5) is 40.2. The molecule has 0 spiro atoms. The fraction of sp³-hybridized carbons (Fsp3) is 0.609. The van der Waals surface area contributed by atoms with E-state index in [2.05, 4.69) is 10.6 Å². The predicted molar refractivity (Wildman–Crippen MR) is 119 cm³/mol. The van der Waals surface area contributed by atoms with Crippen LogP contribution in [-0.4, -0.2) is 62.0 Å². The Bertz CT molecular complexity index is 757. The first-order chi connectivity index (χ1) is 15.0. The lowest BCUT2D eigenvalue weighted by molar-refractivity contribution is -0.132. The van der Waals surface area contributed by atoms with Gasteiger partial charge in [-0.2, -0.15) is 0 Å². The summed E-state index contributed by atoms with van der Waals surface area (Å²) in [5, 5.41) is 6.49. The Hall–Kier alpha value is -2.12. The van der Waals surface area contributed by atoms with E-state index < -0.39 is 6.04 Å². The maximum absolute atomic E-state index is 12.9. The summed E-state index contributed by atoms with van der Waals surface area (Å²) < 4.78 is 5.02. The minimum absolute atomic E-state index is 0.000784. The zero-order chi connectivity index (χ0) is 22.2. The Morgan fingerprint density at radius 2 is 1.74 bits per heavy atom. The number of rotatable bonds is 8. The molecule has 1 aromatic carbocycles. The summed E-state index contributed by atoms with van der Waals surface area (Å²) in [5.41, 5.74) is 0.603. The van der Waals surface area contributed by atoms with Gasteiger partial charge in [-0.25, -0.2) is 0 Å². The van der Waals surface area contributed by atoms with Gasteiger partial charge in [-0.05, 0) is 55.9 Å². The van der Waals surface area contributed by atoms with Crippen LogP contribution in [0.3, 0.4) is 0 Å². The highest BCUT2D eigenvalue weighted by Gasteiger charge is 2.35. The number of hydrogen-bond acceptors (Lipinski definition) is 4. The van der Waals surface area contributed by atoms with E-state index in [0.29, 0.717) is 49.7 Å². The zero-order valence-electron chi connectivity index (χ0n) is 18.1. The molecule has 1 atom stereocenters. The molecule has 1 heterocycles. The van der Waals surface area contributed by atoms with E-state index in [9.17, 15) is 14.4 Å². The third kappa shape index (κ3) is 6.43. The van der Waals surface area contributed by atoms with Gasteiger partial charge in [0.05, 0.1) is 6.61 Å². The lowest BCUT2D eigenvalue weighted by atomic mass is 9.88. The molecule has 1 saturated carbocycles. The third-order valence-electron chi connectivity index (χ3n) is 6.30. The van der Waals surface area contributed by atoms with Crippen LogP contribution in [0, 0.1) is 11.8 Å². The van der Waals surface area contributed by atoms with E-state index in [1.54, 1.807) is 36.3 Å². The largest absolute Gasteiger partial charge is 0.383 e. The number of ether oxygens (including phenoxy) is 1. The Morgan fingerprint density at radius 3 is 2.35 bits per heavy atom. The maximum atomic E-state index is 12.9. The van der Waals surface area contributed by atoms with Crippen molar-refractivity contribution in [3.8, 4) is 0 Å². The fourth-order valence-electron chi connectivity index (χ4n) is 4.45. The molecule has 3 amide bonds. The van der Waals surface area contributed by atoms with Crippen molar-refractivity contribution in [2.24, 2.45) is 11.8 Å². The molecule has 8 heteroatoms. The van der Waals surface area contributed by atoms with Crippen molar-refractivity contribution in [1.82, 2.24) is 15.5 Å². The standard InChI is InChI=1S/C23H32ClN3O4/c1-31-15-12-25-22(29)20(26-21(28)17-4-2-3-5-17)16-10-13-27(14-11-16)23(30)18-6-8-19(24)9-7-18/h6-9,16-17,20H,2-5,10-15H2,1H3,(H,25,29)(H,26,28). The second-order valence-electron chi connectivity index (χ2n) is 8.39. The van der Waals surface area contributed by atoms with Gasteiger partial charge in [0.1, 0.15) is 6.04 Å². The topological polar surface area (TPSA) is 87.7 Å². The van der Waals surface area contributed by atoms with Gasteiger partial charge in [0, 0.05) is 43.2 Å². The summed E-state index contributed by atoms with van der Waals surface area (Å²) in [7, 11) is 1.58. The highest BCUT2D eigenvalue weighted by molar-refractivity contribution is 6.30. The molecule has 2 N–H and O–H groups in total. The van der Waals surface area contributed by atoms with E-state index in [4.69, 9.17) is 16.3 Å². The Labute approximate surface area is 188 Å². The van der Waals surface area contributed by atoms with Gasteiger partial charge < -0.3 is 20.3 Å². The van der Waals surface area contributed by atoms with E-state index >= 15 is 0 Å². The third-order valence-corrected chi connectivity index (χ3v) is 6.55. The minimum Gasteiger partial charge on any atom is -0.383 e. The first kappa shape index (κ1) is 23.5. The Morgan fingerprint density at radius 1 is 1.10 bits per heavy atom. The Kier molecular flexibility index (Phi) is 8.72. The zero-order valence-corrected chi connectivity index (χ0v) is 18.8. The Balaban J connectivity index is 1.61. The van der Waals surface area contributed by atoms with Gasteiger partial charge in [-0.15, -0.1) is 0 Å².